The molecule has 2 nitrogen and oxygen atoms in total. The van der Waals surface area contributed by atoms with Gasteiger partial charge < -0.3 is 4.90 Å². The molecule has 1 amide bonds. The molecule has 1 fully saturated rings. The van der Waals surface area contributed by atoms with Gasteiger partial charge in [0.1, 0.15) is 5.82 Å². The van der Waals surface area contributed by atoms with Crippen LogP contribution in [0.3, 0.4) is 0 Å². The van der Waals surface area contributed by atoms with Gasteiger partial charge in [0.25, 0.3) is 0 Å². The summed E-state index contributed by atoms with van der Waals surface area (Å²) in [5.41, 5.74) is 0.522. The van der Waals surface area contributed by atoms with Gasteiger partial charge in [-0.25, -0.2) is 4.39 Å². The molecule has 1 aliphatic carbocycles. The highest BCUT2D eigenvalue weighted by Crippen LogP contribution is 2.42. The van der Waals surface area contributed by atoms with Gasteiger partial charge >= 0.3 is 0 Å². The number of rotatable bonds is 2. The maximum atomic E-state index is 13.3. The molecule has 1 aliphatic rings. The standard InChI is InChI=1S/C15H18ClFNO/c1-11(19)18(2)15(8-4-3-5-9-15)12-6-7-14(17)13(16)10-12/h4,6-7,10H,3,5,8-9H2,1-2H3. The number of amides is 1. The van der Waals surface area contributed by atoms with Crippen LogP contribution in [-0.2, 0) is 10.3 Å². The number of benzene rings is 1. The fraction of sp³-hybridized carbons (Fsp3) is 0.467. The van der Waals surface area contributed by atoms with E-state index in [1.165, 1.54) is 6.07 Å². The van der Waals surface area contributed by atoms with Crippen molar-refractivity contribution in [2.45, 2.75) is 38.1 Å². The van der Waals surface area contributed by atoms with E-state index in [-0.39, 0.29) is 16.5 Å². The first-order valence-corrected chi connectivity index (χ1v) is 6.87. The van der Waals surface area contributed by atoms with Crippen molar-refractivity contribution in [1.82, 2.24) is 4.90 Å². The van der Waals surface area contributed by atoms with E-state index in [4.69, 9.17) is 11.6 Å². The highest BCUT2D eigenvalue weighted by molar-refractivity contribution is 6.30. The quantitative estimate of drug-likeness (QED) is 0.805. The van der Waals surface area contributed by atoms with Crippen molar-refractivity contribution in [2.75, 3.05) is 7.05 Å². The number of carbonyl (C=O) groups excluding carboxylic acids is 1. The zero-order chi connectivity index (χ0) is 14.0. The number of carbonyl (C=O) groups is 1. The van der Waals surface area contributed by atoms with Gasteiger partial charge in [-0.2, -0.15) is 0 Å². The summed E-state index contributed by atoms with van der Waals surface area (Å²) in [5, 5.41) is 0.111. The Morgan fingerprint density at radius 3 is 2.74 bits per heavy atom. The van der Waals surface area contributed by atoms with E-state index >= 15 is 0 Å². The summed E-state index contributed by atoms with van der Waals surface area (Å²) in [7, 11) is 1.80. The Labute approximate surface area is 118 Å². The Hall–Kier alpha value is -1.09. The molecule has 1 aromatic carbocycles. The first-order valence-electron chi connectivity index (χ1n) is 6.49. The van der Waals surface area contributed by atoms with E-state index in [9.17, 15) is 9.18 Å². The van der Waals surface area contributed by atoms with Crippen LogP contribution >= 0.6 is 11.6 Å². The van der Waals surface area contributed by atoms with Gasteiger partial charge in [0.15, 0.2) is 0 Å². The van der Waals surface area contributed by atoms with Crippen molar-refractivity contribution < 1.29 is 9.18 Å². The van der Waals surface area contributed by atoms with Crippen LogP contribution in [0.1, 0.15) is 38.2 Å². The first-order chi connectivity index (χ1) is 8.97. The number of hydrogen-bond donors (Lipinski definition) is 0. The smallest absolute Gasteiger partial charge is 0.219 e. The van der Waals surface area contributed by atoms with Gasteiger partial charge in [-0.1, -0.05) is 24.1 Å². The topological polar surface area (TPSA) is 20.3 Å². The lowest BCUT2D eigenvalue weighted by molar-refractivity contribution is -0.134. The average Bonchev–Trinajstić information content (AvgIpc) is 2.41. The van der Waals surface area contributed by atoms with Crippen LogP contribution in [0.15, 0.2) is 18.2 Å². The molecule has 0 bridgehead atoms. The Bertz CT molecular complexity index is 483. The van der Waals surface area contributed by atoms with Crippen molar-refractivity contribution in [1.29, 1.82) is 0 Å². The molecule has 0 aliphatic heterocycles. The van der Waals surface area contributed by atoms with E-state index in [2.05, 4.69) is 6.42 Å². The fourth-order valence-electron chi connectivity index (χ4n) is 2.83. The van der Waals surface area contributed by atoms with Crippen LogP contribution in [0.4, 0.5) is 4.39 Å². The molecule has 1 atom stereocenters. The summed E-state index contributed by atoms with van der Waals surface area (Å²) in [6.07, 6.45) is 5.93. The molecule has 2 rings (SSSR count). The van der Waals surface area contributed by atoms with Gasteiger partial charge in [-0.15, -0.1) is 0 Å². The van der Waals surface area contributed by atoms with E-state index in [0.717, 1.165) is 31.2 Å². The van der Waals surface area contributed by atoms with Gasteiger partial charge in [-0.3, -0.25) is 4.79 Å². The summed E-state index contributed by atoms with van der Waals surface area (Å²) < 4.78 is 13.3. The SMILES string of the molecule is CC(=O)N(C)C1(c2ccc(F)c(Cl)c2)C[CH]CCC1. The second-order valence-electron chi connectivity index (χ2n) is 5.12. The molecule has 103 valence electrons. The lowest BCUT2D eigenvalue weighted by atomic mass is 9.75. The minimum absolute atomic E-state index is 0.00995. The molecular weight excluding hydrogens is 265 g/mol. The molecule has 0 spiro atoms. The lowest BCUT2D eigenvalue weighted by Crippen LogP contribution is -2.47. The average molecular weight is 283 g/mol. The predicted molar refractivity (Wildman–Crippen MR) is 74.3 cm³/mol. The van der Waals surface area contributed by atoms with Crippen LogP contribution in [0.2, 0.25) is 5.02 Å². The Kier molecular flexibility index (Phi) is 4.14. The molecule has 19 heavy (non-hydrogen) atoms. The van der Waals surface area contributed by atoms with Gasteiger partial charge in [-0.05, 0) is 43.4 Å². The first kappa shape index (κ1) is 14.3. The minimum atomic E-state index is -0.425. The zero-order valence-corrected chi connectivity index (χ0v) is 12.0. The van der Waals surface area contributed by atoms with E-state index in [1.54, 1.807) is 31.0 Å². The molecule has 0 saturated heterocycles. The van der Waals surface area contributed by atoms with Crippen molar-refractivity contribution in [3.8, 4) is 0 Å². The van der Waals surface area contributed by atoms with Crippen molar-refractivity contribution in [3.63, 3.8) is 0 Å². The molecule has 4 heteroatoms. The summed E-state index contributed by atoms with van der Waals surface area (Å²) >= 11 is 5.89. The van der Waals surface area contributed by atoms with Crippen molar-refractivity contribution in [2.24, 2.45) is 0 Å². The Morgan fingerprint density at radius 2 is 2.21 bits per heavy atom. The third-order valence-corrected chi connectivity index (χ3v) is 4.34. The highest BCUT2D eigenvalue weighted by Gasteiger charge is 2.39. The molecule has 0 heterocycles. The summed E-state index contributed by atoms with van der Waals surface area (Å²) in [6, 6.07) is 4.76. The Morgan fingerprint density at radius 1 is 1.47 bits per heavy atom. The van der Waals surface area contributed by atoms with E-state index in [1.807, 2.05) is 0 Å². The number of nitrogens with zero attached hydrogens (tertiary/aromatic N) is 1. The summed E-state index contributed by atoms with van der Waals surface area (Å²) in [6.45, 7) is 1.56. The maximum Gasteiger partial charge on any atom is 0.219 e. The second kappa shape index (κ2) is 5.49. The molecule has 0 N–H and O–H groups in total. The lowest BCUT2D eigenvalue weighted by Gasteiger charge is -2.45. The Balaban J connectivity index is 2.47. The van der Waals surface area contributed by atoms with Gasteiger partial charge in [0, 0.05) is 14.0 Å². The number of hydrogen-bond acceptors (Lipinski definition) is 1. The second-order valence-corrected chi connectivity index (χ2v) is 5.53. The van der Waals surface area contributed by atoms with Gasteiger partial charge in [0.2, 0.25) is 5.91 Å². The zero-order valence-electron chi connectivity index (χ0n) is 11.2. The molecule has 0 aromatic heterocycles. The van der Waals surface area contributed by atoms with Crippen molar-refractivity contribution in [3.05, 3.63) is 41.0 Å². The van der Waals surface area contributed by atoms with E-state index in [0.29, 0.717) is 0 Å². The van der Waals surface area contributed by atoms with Crippen LogP contribution in [0.25, 0.3) is 0 Å². The van der Waals surface area contributed by atoms with E-state index < -0.39 is 5.82 Å². The monoisotopic (exact) mass is 282 g/mol. The minimum Gasteiger partial charge on any atom is -0.336 e. The molecule has 1 radical (unpaired) electrons. The third kappa shape index (κ3) is 2.62. The molecule has 1 saturated carbocycles. The normalized spacial score (nSPS) is 18.1. The van der Waals surface area contributed by atoms with Gasteiger partial charge in [0.05, 0.1) is 10.6 Å². The highest BCUT2D eigenvalue weighted by atomic mass is 35.5. The van der Waals surface area contributed by atoms with Crippen molar-refractivity contribution >= 4 is 17.5 Å². The van der Waals surface area contributed by atoms with Crippen LogP contribution in [-0.4, -0.2) is 17.9 Å². The summed E-state index contributed by atoms with van der Waals surface area (Å²) in [4.78, 5) is 13.5. The molecular formula is C15H18ClFNO. The predicted octanol–water partition coefficient (Wildman–Crippen LogP) is 3.93. The molecule has 1 aromatic rings. The fourth-order valence-corrected chi connectivity index (χ4v) is 3.01. The summed E-state index contributed by atoms with van der Waals surface area (Å²) in [5.74, 6) is -0.415. The van der Waals surface area contributed by atoms with Crippen LogP contribution in [0, 0.1) is 12.2 Å². The van der Waals surface area contributed by atoms with Crippen LogP contribution < -0.4 is 0 Å². The largest absolute Gasteiger partial charge is 0.336 e. The molecule has 1 unspecified atom stereocenters. The van der Waals surface area contributed by atoms with Crippen LogP contribution in [0.5, 0.6) is 0 Å². The number of halogens is 2. The third-order valence-electron chi connectivity index (χ3n) is 4.05. The maximum absolute atomic E-state index is 13.3.